The lowest BCUT2D eigenvalue weighted by Crippen LogP contribution is -2.26. The van der Waals surface area contributed by atoms with Crippen LogP contribution in [0.2, 0.25) is 0 Å². The van der Waals surface area contributed by atoms with E-state index in [0.717, 1.165) is 77.4 Å². The van der Waals surface area contributed by atoms with Gasteiger partial charge in [0.2, 0.25) is 0 Å². The molecular weight excluding hydrogens is 661 g/mol. The molecule has 3 aromatic heterocycles. The van der Waals surface area contributed by atoms with E-state index in [2.05, 4.69) is 144 Å². The van der Waals surface area contributed by atoms with Crippen molar-refractivity contribution in [2.24, 2.45) is 9.98 Å². The SMILES string of the molecule is c1ccc(-c2nc(-c3ccc(-n4c5ccccc5c5ccccc54)cc3)cc(-c3cc4c(-c5ccccc5)nc5ccccc5c4c4c3=NCN=4)n2)cc1. The Hall–Kier alpha value is -7.31. The number of hydrogen-bond donors (Lipinski definition) is 0. The summed E-state index contributed by atoms with van der Waals surface area (Å²) >= 11 is 0. The molecule has 0 bridgehead atoms. The normalized spacial score (nSPS) is 12.3. The van der Waals surface area contributed by atoms with Crippen molar-refractivity contribution in [2.75, 3.05) is 6.67 Å². The Balaban J connectivity index is 1.13. The molecule has 0 spiro atoms. The van der Waals surface area contributed by atoms with E-state index < -0.39 is 0 Å². The van der Waals surface area contributed by atoms with Crippen LogP contribution in [0, 0.1) is 0 Å². The summed E-state index contributed by atoms with van der Waals surface area (Å²) < 4.78 is 2.33. The third-order valence-electron chi connectivity index (χ3n) is 10.5. The molecule has 54 heavy (non-hydrogen) atoms. The van der Waals surface area contributed by atoms with Crippen molar-refractivity contribution in [3.63, 3.8) is 0 Å². The molecule has 0 unspecified atom stereocenters. The Morgan fingerprint density at radius 1 is 0.426 bits per heavy atom. The minimum atomic E-state index is 0.368. The highest BCUT2D eigenvalue weighted by Gasteiger charge is 2.20. The predicted molar refractivity (Wildman–Crippen MR) is 218 cm³/mol. The van der Waals surface area contributed by atoms with Crippen molar-refractivity contribution >= 4 is 43.5 Å². The Bertz CT molecular complexity index is 3170. The Kier molecular flexibility index (Phi) is 6.82. The van der Waals surface area contributed by atoms with E-state index in [4.69, 9.17) is 24.9 Å². The van der Waals surface area contributed by atoms with Gasteiger partial charge in [0.25, 0.3) is 0 Å². The molecule has 10 aromatic rings. The topological polar surface area (TPSA) is 68.3 Å². The van der Waals surface area contributed by atoms with Crippen molar-refractivity contribution in [1.29, 1.82) is 0 Å². The quantitative estimate of drug-likeness (QED) is 0.169. The van der Waals surface area contributed by atoms with E-state index >= 15 is 0 Å². The molecule has 0 fully saturated rings. The third kappa shape index (κ3) is 4.77. The van der Waals surface area contributed by atoms with Crippen LogP contribution in [-0.2, 0) is 0 Å². The maximum atomic E-state index is 5.24. The van der Waals surface area contributed by atoms with Crippen LogP contribution < -0.4 is 10.7 Å². The zero-order chi connectivity index (χ0) is 35.6. The first-order valence-electron chi connectivity index (χ1n) is 18.1. The molecule has 1 aliphatic heterocycles. The molecule has 252 valence electrons. The molecule has 0 saturated carbocycles. The fourth-order valence-corrected chi connectivity index (χ4v) is 8.01. The molecule has 0 N–H and O–H groups in total. The molecule has 6 heteroatoms. The molecule has 7 aromatic carbocycles. The molecule has 0 amide bonds. The Labute approximate surface area is 310 Å². The molecular formula is C48H30N6. The molecule has 6 nitrogen and oxygen atoms in total. The van der Waals surface area contributed by atoms with E-state index in [9.17, 15) is 0 Å². The van der Waals surface area contributed by atoms with Gasteiger partial charge in [-0.15, -0.1) is 0 Å². The number of para-hydroxylation sites is 3. The number of fused-ring (bicyclic) bond motifs is 8. The summed E-state index contributed by atoms with van der Waals surface area (Å²) in [5, 5.41) is 7.36. The zero-order valence-electron chi connectivity index (χ0n) is 29.1. The van der Waals surface area contributed by atoms with Crippen molar-refractivity contribution in [2.45, 2.75) is 0 Å². The van der Waals surface area contributed by atoms with Crippen LogP contribution >= 0.6 is 0 Å². The first kappa shape index (κ1) is 30.3. The van der Waals surface area contributed by atoms with Crippen molar-refractivity contribution < 1.29 is 0 Å². The van der Waals surface area contributed by atoms with Crippen LogP contribution in [0.3, 0.4) is 0 Å². The number of benzene rings is 7. The van der Waals surface area contributed by atoms with Gasteiger partial charge in [0.15, 0.2) is 5.82 Å². The number of aromatic nitrogens is 4. The second kappa shape index (κ2) is 12.1. The van der Waals surface area contributed by atoms with Gasteiger partial charge in [-0.25, -0.2) is 15.0 Å². The van der Waals surface area contributed by atoms with Crippen LogP contribution in [-0.4, -0.2) is 26.2 Å². The average Bonchev–Trinajstić information content (AvgIpc) is 3.87. The van der Waals surface area contributed by atoms with Gasteiger partial charge < -0.3 is 4.57 Å². The molecule has 0 aliphatic carbocycles. The van der Waals surface area contributed by atoms with Crippen LogP contribution in [0.5, 0.6) is 0 Å². The Morgan fingerprint density at radius 2 is 1.02 bits per heavy atom. The molecule has 1 aliphatic rings. The van der Waals surface area contributed by atoms with E-state index in [1.165, 1.54) is 21.8 Å². The Morgan fingerprint density at radius 3 is 1.74 bits per heavy atom. The minimum absolute atomic E-state index is 0.368. The largest absolute Gasteiger partial charge is 0.309 e. The van der Waals surface area contributed by atoms with Gasteiger partial charge in [-0.05, 0) is 42.5 Å². The lowest BCUT2D eigenvalue weighted by molar-refractivity contribution is 1.06. The summed E-state index contributed by atoms with van der Waals surface area (Å²) in [7, 11) is 0. The van der Waals surface area contributed by atoms with E-state index in [1.807, 2.05) is 30.3 Å². The van der Waals surface area contributed by atoms with Crippen LogP contribution in [0.15, 0.2) is 180 Å². The second-order valence-corrected chi connectivity index (χ2v) is 13.6. The van der Waals surface area contributed by atoms with E-state index in [0.29, 0.717) is 12.5 Å². The van der Waals surface area contributed by atoms with Gasteiger partial charge in [0, 0.05) is 54.9 Å². The summed E-state index contributed by atoms with van der Waals surface area (Å²) in [6.45, 7) is 0.368. The number of nitrogens with zero attached hydrogens (tertiary/aromatic N) is 6. The average molecular weight is 691 g/mol. The minimum Gasteiger partial charge on any atom is -0.309 e. The highest BCUT2D eigenvalue weighted by molar-refractivity contribution is 6.12. The third-order valence-corrected chi connectivity index (χ3v) is 10.5. The summed E-state index contributed by atoms with van der Waals surface area (Å²) in [6.07, 6.45) is 0. The fraction of sp³-hybridized carbons (Fsp3) is 0.0208. The standard InChI is InChI=1S/C48H30N6/c1-3-13-31(14-4-1)45-38-27-37(46-47(50-29-49-46)44(38)36-19-7-10-20-39(36)51-45)41-28-40(52-48(53-41)32-15-5-2-6-16-32)30-23-25-33(26-24-30)54-42-21-11-8-17-34(42)35-18-9-12-22-43(35)54/h1-28H,29H2. The van der Waals surface area contributed by atoms with Crippen molar-refractivity contribution in [1.82, 2.24) is 19.5 Å². The number of pyridine rings is 1. The first-order valence-corrected chi connectivity index (χ1v) is 18.1. The van der Waals surface area contributed by atoms with Crippen molar-refractivity contribution in [3.8, 4) is 50.8 Å². The summed E-state index contributed by atoms with van der Waals surface area (Å²) in [5.41, 5.74) is 10.8. The van der Waals surface area contributed by atoms with Gasteiger partial charge in [-0.2, -0.15) is 0 Å². The van der Waals surface area contributed by atoms with E-state index in [-0.39, 0.29) is 0 Å². The second-order valence-electron chi connectivity index (χ2n) is 13.6. The smallest absolute Gasteiger partial charge is 0.160 e. The van der Waals surface area contributed by atoms with Crippen LogP contribution in [0.1, 0.15) is 0 Å². The fourth-order valence-electron chi connectivity index (χ4n) is 8.01. The van der Waals surface area contributed by atoms with Gasteiger partial charge in [0.05, 0.1) is 44.3 Å². The highest BCUT2D eigenvalue weighted by atomic mass is 15.0. The van der Waals surface area contributed by atoms with Crippen LogP contribution in [0.25, 0.3) is 94.3 Å². The predicted octanol–water partition coefficient (Wildman–Crippen LogP) is 10.2. The number of hydrogen-bond acceptors (Lipinski definition) is 5. The lowest BCUT2D eigenvalue weighted by atomic mass is 9.95. The molecule has 0 atom stereocenters. The number of rotatable bonds is 5. The molecule has 0 radical (unpaired) electrons. The van der Waals surface area contributed by atoms with E-state index in [1.54, 1.807) is 0 Å². The maximum absolute atomic E-state index is 5.24. The summed E-state index contributed by atoms with van der Waals surface area (Å²) in [5.74, 6) is 0.651. The summed E-state index contributed by atoms with van der Waals surface area (Å²) in [4.78, 5) is 25.6. The highest BCUT2D eigenvalue weighted by Crippen LogP contribution is 2.35. The summed E-state index contributed by atoms with van der Waals surface area (Å²) in [6, 6.07) is 59.0. The zero-order valence-corrected chi connectivity index (χ0v) is 29.1. The van der Waals surface area contributed by atoms with Gasteiger partial charge in [-0.1, -0.05) is 127 Å². The molecule has 4 heterocycles. The molecule has 0 saturated heterocycles. The van der Waals surface area contributed by atoms with Crippen LogP contribution in [0.4, 0.5) is 0 Å². The maximum Gasteiger partial charge on any atom is 0.160 e. The van der Waals surface area contributed by atoms with Gasteiger partial charge in [-0.3, -0.25) is 9.98 Å². The van der Waals surface area contributed by atoms with Gasteiger partial charge >= 0.3 is 0 Å². The lowest BCUT2D eigenvalue weighted by Gasteiger charge is -2.14. The molecule has 11 rings (SSSR count). The van der Waals surface area contributed by atoms with Crippen molar-refractivity contribution in [3.05, 3.63) is 181 Å². The first-order chi connectivity index (χ1) is 26.8. The monoisotopic (exact) mass is 690 g/mol. The van der Waals surface area contributed by atoms with Gasteiger partial charge in [0.1, 0.15) is 6.67 Å².